The predicted molar refractivity (Wildman–Crippen MR) is 108 cm³/mol. The number of piperidine rings is 1. The van der Waals surface area contributed by atoms with E-state index in [-0.39, 0.29) is 42.2 Å². The Morgan fingerprint density at radius 1 is 1.10 bits per heavy atom. The highest BCUT2D eigenvalue weighted by Crippen LogP contribution is 2.28. The summed E-state index contributed by atoms with van der Waals surface area (Å²) in [6.07, 6.45) is 0.181. The standard InChI is InChI=1S/C21H26N4O6/c1-30-16-10-23-14(18(16)31-2)9-22-8-11-3-4-12-13(7-11)21(29)25(20(12)28)15-5-6-17(26)24-19(15)27/h3-4,7,14-16,18,22-23H,5-6,8-10H2,1-2H3,(H,24,26,27)/t14-,15?,16+,18-/m0/s1. The molecule has 0 radical (unpaired) electrons. The molecule has 1 unspecified atom stereocenters. The van der Waals surface area contributed by atoms with Gasteiger partial charge >= 0.3 is 0 Å². The van der Waals surface area contributed by atoms with Crippen molar-refractivity contribution in [3.63, 3.8) is 0 Å². The molecule has 3 N–H and O–H groups in total. The summed E-state index contributed by atoms with van der Waals surface area (Å²) < 4.78 is 11.0. The second-order valence-electron chi connectivity index (χ2n) is 7.95. The summed E-state index contributed by atoms with van der Waals surface area (Å²) in [5.74, 6) is -2.01. The molecule has 1 aromatic carbocycles. The fourth-order valence-corrected chi connectivity index (χ4v) is 4.48. The van der Waals surface area contributed by atoms with E-state index in [1.54, 1.807) is 32.4 Å². The monoisotopic (exact) mass is 430 g/mol. The third-order valence-corrected chi connectivity index (χ3v) is 6.12. The predicted octanol–water partition coefficient (Wildman–Crippen LogP) is -0.821. The van der Waals surface area contributed by atoms with Crippen LogP contribution in [0.1, 0.15) is 39.1 Å². The lowest BCUT2D eigenvalue weighted by atomic mass is 10.0. The number of imide groups is 2. The van der Waals surface area contributed by atoms with E-state index < -0.39 is 29.7 Å². The average molecular weight is 430 g/mol. The van der Waals surface area contributed by atoms with E-state index in [9.17, 15) is 19.2 Å². The second kappa shape index (κ2) is 8.83. The number of nitrogens with one attached hydrogen (secondary N) is 3. The van der Waals surface area contributed by atoms with Crippen LogP contribution in [-0.2, 0) is 25.6 Å². The van der Waals surface area contributed by atoms with Gasteiger partial charge in [0.05, 0.1) is 17.2 Å². The molecule has 3 heterocycles. The maximum Gasteiger partial charge on any atom is 0.262 e. The van der Waals surface area contributed by atoms with Gasteiger partial charge in [-0.2, -0.15) is 0 Å². The van der Waals surface area contributed by atoms with Crippen LogP contribution in [0.3, 0.4) is 0 Å². The summed E-state index contributed by atoms with van der Waals surface area (Å²) in [6, 6.07) is 4.22. The summed E-state index contributed by atoms with van der Waals surface area (Å²) in [7, 11) is 3.32. The molecular formula is C21H26N4O6. The number of hydrogen-bond acceptors (Lipinski definition) is 8. The lowest BCUT2D eigenvalue weighted by Crippen LogP contribution is -2.54. The second-order valence-corrected chi connectivity index (χ2v) is 7.95. The van der Waals surface area contributed by atoms with Crippen LogP contribution in [-0.4, -0.2) is 80.1 Å². The Labute approximate surface area is 179 Å². The first-order valence-corrected chi connectivity index (χ1v) is 10.3. The smallest absolute Gasteiger partial charge is 0.262 e. The van der Waals surface area contributed by atoms with E-state index in [0.29, 0.717) is 19.6 Å². The van der Waals surface area contributed by atoms with Gasteiger partial charge in [0.1, 0.15) is 12.1 Å². The molecule has 3 aliphatic heterocycles. The van der Waals surface area contributed by atoms with Crippen molar-refractivity contribution in [2.45, 2.75) is 43.7 Å². The molecule has 0 bridgehead atoms. The normalized spacial score (nSPS) is 28.3. The largest absolute Gasteiger partial charge is 0.377 e. The zero-order valence-corrected chi connectivity index (χ0v) is 17.5. The van der Waals surface area contributed by atoms with E-state index in [0.717, 1.165) is 10.5 Å². The summed E-state index contributed by atoms with van der Waals surface area (Å²) in [6.45, 7) is 1.86. The van der Waals surface area contributed by atoms with Gasteiger partial charge in [-0.1, -0.05) is 6.07 Å². The van der Waals surface area contributed by atoms with Crippen molar-refractivity contribution in [3.8, 4) is 0 Å². The SMILES string of the molecule is CO[C@H]1[C@H](CNCc2ccc3c(c2)C(=O)N(C2CCC(=O)NC2=O)C3=O)NC[C@H]1OC. The van der Waals surface area contributed by atoms with E-state index in [1.807, 2.05) is 0 Å². The maximum absolute atomic E-state index is 12.9. The molecule has 0 saturated carbocycles. The van der Waals surface area contributed by atoms with Crippen LogP contribution in [0.2, 0.25) is 0 Å². The number of rotatable bonds is 7. The van der Waals surface area contributed by atoms with Crippen LogP contribution < -0.4 is 16.0 Å². The Bertz CT molecular complexity index is 919. The number of ether oxygens (including phenoxy) is 2. The molecule has 0 spiro atoms. The summed E-state index contributed by atoms with van der Waals surface area (Å²) in [5, 5.41) is 8.91. The molecule has 1 aromatic rings. The zero-order chi connectivity index (χ0) is 22.1. The number of carbonyl (C=O) groups excluding carboxylic acids is 4. The lowest BCUT2D eigenvalue weighted by molar-refractivity contribution is -0.136. The quantitative estimate of drug-likeness (QED) is 0.479. The molecule has 166 valence electrons. The van der Waals surface area contributed by atoms with Gasteiger partial charge in [0.15, 0.2) is 0 Å². The number of nitrogens with zero attached hydrogens (tertiary/aromatic N) is 1. The Balaban J connectivity index is 1.40. The number of methoxy groups -OCH3 is 2. The van der Waals surface area contributed by atoms with Crippen LogP contribution in [0.4, 0.5) is 0 Å². The first-order valence-electron chi connectivity index (χ1n) is 10.3. The van der Waals surface area contributed by atoms with Gasteiger partial charge in [-0.25, -0.2) is 0 Å². The topological polar surface area (TPSA) is 126 Å². The fraction of sp³-hybridized carbons (Fsp3) is 0.524. The molecule has 2 fully saturated rings. The number of carbonyl (C=O) groups is 4. The van der Waals surface area contributed by atoms with Gasteiger partial charge < -0.3 is 20.1 Å². The Morgan fingerprint density at radius 2 is 1.87 bits per heavy atom. The van der Waals surface area contributed by atoms with Crippen molar-refractivity contribution in [1.29, 1.82) is 0 Å². The van der Waals surface area contributed by atoms with Crippen molar-refractivity contribution < 1.29 is 28.7 Å². The van der Waals surface area contributed by atoms with Crippen molar-refractivity contribution in [3.05, 3.63) is 34.9 Å². The Morgan fingerprint density at radius 3 is 2.58 bits per heavy atom. The van der Waals surface area contributed by atoms with Crippen LogP contribution in [0.5, 0.6) is 0 Å². The first-order chi connectivity index (χ1) is 14.9. The Hall–Kier alpha value is -2.66. The van der Waals surface area contributed by atoms with Crippen LogP contribution in [0, 0.1) is 0 Å². The number of hydrogen-bond donors (Lipinski definition) is 3. The van der Waals surface area contributed by atoms with Gasteiger partial charge in [0.2, 0.25) is 11.8 Å². The average Bonchev–Trinajstić information content (AvgIpc) is 3.26. The minimum Gasteiger partial charge on any atom is -0.377 e. The molecule has 10 heteroatoms. The van der Waals surface area contributed by atoms with Gasteiger partial charge in [0.25, 0.3) is 11.8 Å². The lowest BCUT2D eigenvalue weighted by Gasteiger charge is -2.27. The molecule has 31 heavy (non-hydrogen) atoms. The Kier molecular flexibility index (Phi) is 6.15. The van der Waals surface area contributed by atoms with E-state index in [1.165, 1.54) is 0 Å². The van der Waals surface area contributed by atoms with Gasteiger partial charge in [-0.05, 0) is 24.1 Å². The zero-order valence-electron chi connectivity index (χ0n) is 17.5. The highest BCUT2D eigenvalue weighted by Gasteiger charge is 2.44. The molecule has 4 rings (SSSR count). The highest BCUT2D eigenvalue weighted by molar-refractivity contribution is 6.23. The fourth-order valence-electron chi connectivity index (χ4n) is 4.48. The maximum atomic E-state index is 12.9. The minimum atomic E-state index is -0.958. The summed E-state index contributed by atoms with van der Waals surface area (Å²) >= 11 is 0. The molecular weight excluding hydrogens is 404 g/mol. The van der Waals surface area contributed by atoms with Crippen LogP contribution in [0.15, 0.2) is 18.2 Å². The van der Waals surface area contributed by atoms with Crippen molar-refractivity contribution in [1.82, 2.24) is 20.9 Å². The van der Waals surface area contributed by atoms with Gasteiger partial charge in [-0.3, -0.25) is 29.4 Å². The molecule has 3 aliphatic rings. The number of benzene rings is 1. The number of fused-ring (bicyclic) bond motifs is 1. The molecule has 10 nitrogen and oxygen atoms in total. The van der Waals surface area contributed by atoms with E-state index in [2.05, 4.69) is 16.0 Å². The molecule has 0 aliphatic carbocycles. The van der Waals surface area contributed by atoms with Gasteiger partial charge in [0, 0.05) is 46.3 Å². The molecule has 4 amide bonds. The van der Waals surface area contributed by atoms with Crippen molar-refractivity contribution >= 4 is 23.6 Å². The first kappa shape index (κ1) is 21.6. The van der Waals surface area contributed by atoms with Crippen LogP contribution >= 0.6 is 0 Å². The highest BCUT2D eigenvalue weighted by atomic mass is 16.5. The van der Waals surface area contributed by atoms with Gasteiger partial charge in [-0.15, -0.1) is 0 Å². The summed E-state index contributed by atoms with van der Waals surface area (Å²) in [5.41, 5.74) is 1.40. The van der Waals surface area contributed by atoms with Crippen molar-refractivity contribution in [2.24, 2.45) is 0 Å². The molecule has 0 aromatic heterocycles. The van der Waals surface area contributed by atoms with E-state index in [4.69, 9.17) is 9.47 Å². The van der Waals surface area contributed by atoms with Crippen molar-refractivity contribution in [2.75, 3.05) is 27.3 Å². The summed E-state index contributed by atoms with van der Waals surface area (Å²) in [4.78, 5) is 50.2. The molecule has 4 atom stereocenters. The third-order valence-electron chi connectivity index (χ3n) is 6.12. The third kappa shape index (κ3) is 3.99. The van der Waals surface area contributed by atoms with Crippen LogP contribution in [0.25, 0.3) is 0 Å². The number of amides is 4. The van der Waals surface area contributed by atoms with E-state index >= 15 is 0 Å². The minimum absolute atomic E-state index is 0.00121. The molecule has 2 saturated heterocycles.